The van der Waals surface area contributed by atoms with Crippen LogP contribution in [0.1, 0.15) is 41.5 Å². The van der Waals surface area contributed by atoms with Gasteiger partial charge in [-0.15, -0.1) is 0 Å². The molecular weight excluding hydrogens is 460 g/mol. The summed E-state index contributed by atoms with van der Waals surface area (Å²) >= 11 is -12.1. The van der Waals surface area contributed by atoms with Crippen LogP contribution in [0.4, 0.5) is 0 Å². The van der Waals surface area contributed by atoms with Crippen molar-refractivity contribution in [3.05, 3.63) is 61.2 Å². The van der Waals surface area contributed by atoms with E-state index in [0.717, 1.165) is 0 Å². The third-order valence-electron chi connectivity index (χ3n) is 3.15. The third-order valence-corrected chi connectivity index (χ3v) is 5.81. The van der Waals surface area contributed by atoms with Crippen LogP contribution in [0.3, 0.4) is 0 Å². The van der Waals surface area contributed by atoms with Gasteiger partial charge in [-0.3, -0.25) is 0 Å². The van der Waals surface area contributed by atoms with Gasteiger partial charge in [0.25, 0.3) is 0 Å². The van der Waals surface area contributed by atoms with Gasteiger partial charge in [0.2, 0.25) is 0 Å². The Balaban J connectivity index is 0.000000407. The molecule has 0 amide bonds. The van der Waals surface area contributed by atoms with E-state index in [0.29, 0.717) is 0 Å². The molecule has 0 saturated carbocycles. The molecule has 0 aliphatic rings. The summed E-state index contributed by atoms with van der Waals surface area (Å²) in [6, 6.07) is 12.2. The topological polar surface area (TPSA) is 131 Å². The molecule has 0 unspecified atom stereocenters. The van der Waals surface area contributed by atoms with E-state index < -0.39 is 27.2 Å². The van der Waals surface area contributed by atoms with E-state index in [4.69, 9.17) is 0 Å². The van der Waals surface area contributed by atoms with Gasteiger partial charge in [0.15, 0.2) is 35.9 Å². The van der Waals surface area contributed by atoms with E-state index in [1.807, 2.05) is 36.4 Å². The zero-order chi connectivity index (χ0) is 22.9. The van der Waals surface area contributed by atoms with Crippen molar-refractivity contribution in [3.8, 4) is 0 Å². The fraction of sp³-hybridized carbons (Fsp3) is 0.444. The van der Waals surface area contributed by atoms with Crippen molar-refractivity contribution in [1.82, 2.24) is 0 Å². The molecule has 29 heavy (non-hydrogen) atoms. The van der Waals surface area contributed by atoms with Crippen LogP contribution in [-0.2, 0) is 56.4 Å². The molecule has 0 spiro atoms. The van der Waals surface area contributed by atoms with Gasteiger partial charge in [0.1, 0.15) is 0 Å². The monoisotopic (exact) mass is 488 g/mol. The minimum absolute atomic E-state index is 0.210. The molecule has 0 atom stereocenters. The van der Waals surface area contributed by atoms with Gasteiger partial charge in [-0.2, -0.15) is 0 Å². The van der Waals surface area contributed by atoms with Crippen molar-refractivity contribution >= 4 is 0 Å². The average molecular weight is 488 g/mol. The Bertz CT molecular complexity index is 854. The molecule has 9 nitrogen and oxygen atoms in total. The van der Waals surface area contributed by atoms with Crippen molar-refractivity contribution in [3.63, 3.8) is 0 Å². The molecule has 0 N–H and O–H groups in total. The Labute approximate surface area is 176 Å². The van der Waals surface area contributed by atoms with E-state index in [2.05, 4.69) is 78.3 Å². The molecular formula is C18H28Cr2N2O7. The first kappa shape index (κ1) is 27.4. The number of rotatable bonds is 2. The van der Waals surface area contributed by atoms with Crippen LogP contribution in [-0.4, -0.2) is 0 Å². The van der Waals surface area contributed by atoms with Crippen molar-refractivity contribution in [2.45, 2.75) is 52.6 Å². The number of hydrogen-bond donors (Lipinski definition) is 0. The second-order valence-electron chi connectivity index (χ2n) is 7.79. The summed E-state index contributed by atoms with van der Waals surface area (Å²) in [5, 5.41) is 0. The predicted molar refractivity (Wildman–Crippen MR) is 87.1 cm³/mol. The molecule has 2 rings (SSSR count). The Kier molecular flexibility index (Phi) is 10.4. The van der Waals surface area contributed by atoms with Crippen LogP contribution in [0.15, 0.2) is 61.2 Å². The molecule has 0 aromatic carbocycles. The standard InChI is InChI=1S/2C9H14N.2Cr.7O/c2*1-9(2,3)10-7-5-4-6-8-10;;;;;;;;;/h2*4-8H,1-3H3;;;;;;;;;/q2*+1;;;;;;;;2*-1. The van der Waals surface area contributed by atoms with Crippen LogP contribution in [0, 0.1) is 0 Å². The van der Waals surface area contributed by atoms with E-state index >= 15 is 0 Å². The Morgan fingerprint density at radius 1 is 0.586 bits per heavy atom. The summed E-state index contributed by atoms with van der Waals surface area (Å²) in [6.07, 6.45) is 8.33. The predicted octanol–water partition coefficient (Wildman–Crippen LogP) is 0.532. The quantitative estimate of drug-likeness (QED) is 0.564. The molecule has 11 heteroatoms. The Morgan fingerprint density at radius 2 is 0.828 bits per heavy atom. The van der Waals surface area contributed by atoms with Crippen LogP contribution in [0.25, 0.3) is 0 Å². The molecule has 0 bridgehead atoms. The first-order valence-corrected chi connectivity index (χ1v) is 12.6. The van der Waals surface area contributed by atoms with Gasteiger partial charge in [0, 0.05) is 65.8 Å². The van der Waals surface area contributed by atoms with E-state index in [-0.39, 0.29) is 11.1 Å². The molecule has 0 aliphatic carbocycles. The molecule has 0 radical (unpaired) electrons. The summed E-state index contributed by atoms with van der Waals surface area (Å²) in [6.45, 7) is 13.1. The summed E-state index contributed by atoms with van der Waals surface area (Å²) < 4.78 is 63.3. The van der Waals surface area contributed by atoms with E-state index in [1.165, 1.54) is 0 Å². The van der Waals surface area contributed by atoms with Gasteiger partial charge in [-0.25, -0.2) is 9.13 Å². The maximum absolute atomic E-state index is 9.38. The fourth-order valence-electron chi connectivity index (χ4n) is 1.79. The van der Waals surface area contributed by atoms with Crippen molar-refractivity contribution in [1.29, 1.82) is 0 Å². The molecule has 0 saturated heterocycles. The molecule has 0 aliphatic heterocycles. The van der Waals surface area contributed by atoms with Gasteiger partial charge >= 0.3 is 53.6 Å². The van der Waals surface area contributed by atoms with E-state index in [1.54, 1.807) is 0 Å². The zero-order valence-corrected chi connectivity index (χ0v) is 19.9. The molecule has 2 aromatic heterocycles. The fourth-order valence-corrected chi connectivity index (χ4v) is 3.43. The van der Waals surface area contributed by atoms with Crippen molar-refractivity contribution in [2.75, 3.05) is 0 Å². The van der Waals surface area contributed by atoms with Crippen LogP contribution < -0.4 is 17.5 Å². The number of pyridine rings is 2. The Morgan fingerprint density at radius 3 is 0.931 bits per heavy atom. The summed E-state index contributed by atoms with van der Waals surface area (Å²) in [4.78, 5) is 0. The SMILES string of the molecule is CC(C)(C)[n+]1ccccc1.CC(C)(C)[n+]1ccccc1.[O]=[Cr](=[O])([O-])[O][Cr](=[O])(=[O])[O-]. The zero-order valence-electron chi connectivity index (χ0n) is 17.3. The number of aromatic nitrogens is 2. The van der Waals surface area contributed by atoms with E-state index in [9.17, 15) is 23.5 Å². The summed E-state index contributed by atoms with van der Waals surface area (Å²) in [5.74, 6) is 0. The summed E-state index contributed by atoms with van der Waals surface area (Å²) in [7, 11) is 0. The van der Waals surface area contributed by atoms with Gasteiger partial charge in [0.05, 0.1) is 0 Å². The van der Waals surface area contributed by atoms with Gasteiger partial charge in [-0.1, -0.05) is 12.1 Å². The summed E-state index contributed by atoms with van der Waals surface area (Å²) in [5.41, 5.74) is 0.419. The van der Waals surface area contributed by atoms with Gasteiger partial charge in [-0.05, 0) is 0 Å². The molecule has 0 fully saturated rings. The first-order valence-electron chi connectivity index (χ1n) is 8.48. The second-order valence-corrected chi connectivity index (χ2v) is 11.4. The van der Waals surface area contributed by atoms with Crippen LogP contribution in [0.5, 0.6) is 0 Å². The van der Waals surface area contributed by atoms with Crippen molar-refractivity contribution in [2.24, 2.45) is 0 Å². The van der Waals surface area contributed by atoms with Crippen LogP contribution in [0.2, 0.25) is 0 Å². The minimum atomic E-state index is -6.07. The van der Waals surface area contributed by atoms with Crippen LogP contribution >= 0.6 is 0 Å². The van der Waals surface area contributed by atoms with Gasteiger partial charge < -0.3 is 0 Å². The number of nitrogens with zero attached hydrogens (tertiary/aromatic N) is 2. The molecule has 2 heterocycles. The molecule has 164 valence electrons. The van der Waals surface area contributed by atoms with Crippen molar-refractivity contribution < 1.29 is 62.7 Å². The Hall–Kier alpha value is -1.56. The number of hydrogen-bond acceptors (Lipinski definition) is 7. The average Bonchev–Trinajstić information content (AvgIpc) is 2.53. The maximum atomic E-state index is 9.38. The molecule has 2 aromatic rings. The third kappa shape index (κ3) is 15.0. The first-order chi connectivity index (χ1) is 12.9. The normalized spacial score (nSPS) is 12.1. The second kappa shape index (κ2) is 11.0.